The Balaban J connectivity index is 1.50. The van der Waals surface area contributed by atoms with Crippen molar-refractivity contribution in [2.45, 2.75) is 13.1 Å². The average Bonchev–Trinajstić information content (AvgIpc) is 2.88. The van der Waals surface area contributed by atoms with E-state index in [-0.39, 0.29) is 13.2 Å². The first-order chi connectivity index (χ1) is 16.7. The lowest BCUT2D eigenvalue weighted by Gasteiger charge is -2.23. The summed E-state index contributed by atoms with van der Waals surface area (Å²) in [4.78, 5) is 18.6. The standard InChI is InChI=1S/C26H30N2O6/c1-30-23-9-5-7-21(17-23)19-28(20-22-8-6-10-24(18-22)31-2)26(29)34-16-14-32-13-15-33-25-11-3-4-12-27-25/h3-12,17-18H,13-16,19-20H2,1-2H3. The van der Waals surface area contributed by atoms with Gasteiger partial charge in [0.15, 0.2) is 0 Å². The second-order valence-electron chi connectivity index (χ2n) is 7.30. The summed E-state index contributed by atoms with van der Waals surface area (Å²) in [5.74, 6) is 2.00. The minimum Gasteiger partial charge on any atom is -0.497 e. The van der Waals surface area contributed by atoms with E-state index in [0.717, 1.165) is 22.6 Å². The molecule has 8 heteroatoms. The SMILES string of the molecule is COc1cccc(CN(Cc2cccc(OC)c2)C(=O)OCCOCCOc2ccccn2)c1. The van der Waals surface area contributed by atoms with Crippen LogP contribution in [0.25, 0.3) is 0 Å². The molecule has 1 aromatic heterocycles. The smallest absolute Gasteiger partial charge is 0.410 e. The van der Waals surface area contributed by atoms with Crippen LogP contribution in [0.5, 0.6) is 17.4 Å². The van der Waals surface area contributed by atoms with Gasteiger partial charge in [-0.1, -0.05) is 30.3 Å². The summed E-state index contributed by atoms with van der Waals surface area (Å²) in [7, 11) is 3.23. The van der Waals surface area contributed by atoms with Gasteiger partial charge in [-0.15, -0.1) is 0 Å². The Morgan fingerprint density at radius 1 is 0.794 bits per heavy atom. The van der Waals surface area contributed by atoms with Crippen molar-refractivity contribution in [3.8, 4) is 17.4 Å². The van der Waals surface area contributed by atoms with Gasteiger partial charge in [-0.25, -0.2) is 9.78 Å². The number of methoxy groups -OCH3 is 2. The van der Waals surface area contributed by atoms with E-state index in [2.05, 4.69) is 4.98 Å². The Bertz CT molecular complexity index is 965. The van der Waals surface area contributed by atoms with Crippen molar-refractivity contribution in [1.29, 1.82) is 0 Å². The highest BCUT2D eigenvalue weighted by Gasteiger charge is 2.17. The van der Waals surface area contributed by atoms with E-state index in [0.29, 0.717) is 32.2 Å². The van der Waals surface area contributed by atoms with Crippen LogP contribution in [0.4, 0.5) is 4.79 Å². The topological polar surface area (TPSA) is 79.4 Å². The van der Waals surface area contributed by atoms with Gasteiger partial charge < -0.3 is 23.7 Å². The predicted octanol–water partition coefficient (Wildman–Crippen LogP) is 4.33. The highest BCUT2D eigenvalue weighted by molar-refractivity contribution is 5.67. The van der Waals surface area contributed by atoms with E-state index >= 15 is 0 Å². The zero-order valence-corrected chi connectivity index (χ0v) is 19.5. The van der Waals surface area contributed by atoms with E-state index in [9.17, 15) is 4.79 Å². The molecule has 0 fully saturated rings. The summed E-state index contributed by atoms with van der Waals surface area (Å²) < 4.78 is 27.1. The number of benzene rings is 2. The van der Waals surface area contributed by atoms with Crippen LogP contribution in [0.2, 0.25) is 0 Å². The van der Waals surface area contributed by atoms with Crippen molar-refractivity contribution in [2.75, 3.05) is 40.6 Å². The van der Waals surface area contributed by atoms with Crippen LogP contribution in [-0.2, 0) is 22.6 Å². The molecule has 180 valence electrons. The van der Waals surface area contributed by atoms with Crippen LogP contribution < -0.4 is 14.2 Å². The minimum absolute atomic E-state index is 0.134. The van der Waals surface area contributed by atoms with E-state index < -0.39 is 6.09 Å². The summed E-state index contributed by atoms with van der Waals surface area (Å²) in [6.07, 6.45) is 1.23. The summed E-state index contributed by atoms with van der Waals surface area (Å²) >= 11 is 0. The lowest BCUT2D eigenvalue weighted by Crippen LogP contribution is -2.31. The summed E-state index contributed by atoms with van der Waals surface area (Å²) in [5, 5.41) is 0. The van der Waals surface area contributed by atoms with Gasteiger partial charge in [0, 0.05) is 25.4 Å². The average molecular weight is 467 g/mol. The van der Waals surface area contributed by atoms with Crippen LogP contribution in [0.15, 0.2) is 72.9 Å². The van der Waals surface area contributed by atoms with E-state index in [1.807, 2.05) is 60.7 Å². The monoisotopic (exact) mass is 466 g/mol. The second kappa shape index (κ2) is 13.7. The lowest BCUT2D eigenvalue weighted by molar-refractivity contribution is 0.0422. The number of amides is 1. The molecule has 2 aromatic carbocycles. The van der Waals surface area contributed by atoms with Gasteiger partial charge in [0.25, 0.3) is 0 Å². The quantitative estimate of drug-likeness (QED) is 0.347. The molecule has 34 heavy (non-hydrogen) atoms. The van der Waals surface area contributed by atoms with E-state index in [1.54, 1.807) is 31.4 Å². The van der Waals surface area contributed by atoms with Crippen molar-refractivity contribution in [1.82, 2.24) is 9.88 Å². The third-order valence-corrected chi connectivity index (χ3v) is 4.84. The first kappa shape index (κ1) is 24.9. The van der Waals surface area contributed by atoms with Crippen molar-refractivity contribution in [3.05, 3.63) is 84.1 Å². The largest absolute Gasteiger partial charge is 0.497 e. The fourth-order valence-corrected chi connectivity index (χ4v) is 3.19. The number of rotatable bonds is 13. The number of nitrogens with zero attached hydrogens (tertiary/aromatic N) is 2. The third kappa shape index (κ3) is 8.29. The second-order valence-corrected chi connectivity index (χ2v) is 7.30. The minimum atomic E-state index is -0.432. The van der Waals surface area contributed by atoms with Crippen LogP contribution >= 0.6 is 0 Å². The first-order valence-corrected chi connectivity index (χ1v) is 11.0. The zero-order valence-electron chi connectivity index (χ0n) is 19.5. The van der Waals surface area contributed by atoms with Gasteiger partial charge in [0.2, 0.25) is 5.88 Å². The molecule has 0 spiro atoms. The molecule has 3 aromatic rings. The van der Waals surface area contributed by atoms with Crippen LogP contribution in [-0.4, -0.2) is 56.6 Å². The third-order valence-electron chi connectivity index (χ3n) is 4.84. The number of ether oxygens (including phenoxy) is 5. The molecule has 1 heterocycles. The molecule has 0 saturated heterocycles. The number of hydrogen-bond acceptors (Lipinski definition) is 7. The molecule has 0 aliphatic carbocycles. The number of aromatic nitrogens is 1. The summed E-state index contributed by atoms with van der Waals surface area (Å²) in [6, 6.07) is 20.7. The first-order valence-electron chi connectivity index (χ1n) is 11.0. The van der Waals surface area contributed by atoms with E-state index in [4.69, 9.17) is 23.7 Å². The zero-order chi connectivity index (χ0) is 24.0. The molecule has 0 aliphatic heterocycles. The Labute approximate surface area is 200 Å². The molecule has 1 amide bonds. The van der Waals surface area contributed by atoms with Gasteiger partial charge in [-0.05, 0) is 41.5 Å². The predicted molar refractivity (Wildman–Crippen MR) is 127 cm³/mol. The van der Waals surface area contributed by atoms with Crippen LogP contribution in [0, 0.1) is 0 Å². The van der Waals surface area contributed by atoms with Gasteiger partial charge in [-0.2, -0.15) is 0 Å². The molecule has 0 bridgehead atoms. The fourth-order valence-electron chi connectivity index (χ4n) is 3.19. The Morgan fingerprint density at radius 3 is 2.03 bits per heavy atom. The molecule has 3 rings (SSSR count). The fraction of sp³-hybridized carbons (Fsp3) is 0.308. The Kier molecular flexibility index (Phi) is 10.0. The van der Waals surface area contributed by atoms with Crippen LogP contribution in [0.1, 0.15) is 11.1 Å². The molecular weight excluding hydrogens is 436 g/mol. The highest BCUT2D eigenvalue weighted by atomic mass is 16.6. The number of hydrogen-bond donors (Lipinski definition) is 0. The Morgan fingerprint density at radius 2 is 1.44 bits per heavy atom. The summed E-state index contributed by atoms with van der Waals surface area (Å²) in [6.45, 7) is 1.87. The van der Waals surface area contributed by atoms with Gasteiger partial charge in [0.05, 0.1) is 27.4 Å². The number of carbonyl (C=O) groups excluding carboxylic acids is 1. The number of carbonyl (C=O) groups is 1. The molecule has 0 unspecified atom stereocenters. The van der Waals surface area contributed by atoms with Gasteiger partial charge in [-0.3, -0.25) is 4.90 Å². The molecule has 0 aliphatic rings. The maximum atomic E-state index is 12.9. The van der Waals surface area contributed by atoms with Gasteiger partial charge >= 0.3 is 6.09 Å². The molecule has 0 radical (unpaired) electrons. The molecular formula is C26H30N2O6. The highest BCUT2D eigenvalue weighted by Crippen LogP contribution is 2.19. The van der Waals surface area contributed by atoms with Crippen molar-refractivity contribution < 1.29 is 28.5 Å². The van der Waals surface area contributed by atoms with E-state index in [1.165, 1.54) is 0 Å². The molecule has 0 atom stereocenters. The lowest BCUT2D eigenvalue weighted by atomic mass is 10.1. The molecule has 0 N–H and O–H groups in total. The number of pyridine rings is 1. The van der Waals surface area contributed by atoms with Crippen molar-refractivity contribution in [3.63, 3.8) is 0 Å². The normalized spacial score (nSPS) is 10.4. The van der Waals surface area contributed by atoms with Crippen LogP contribution in [0.3, 0.4) is 0 Å². The summed E-state index contributed by atoms with van der Waals surface area (Å²) in [5.41, 5.74) is 1.87. The maximum Gasteiger partial charge on any atom is 0.410 e. The molecule has 0 saturated carbocycles. The van der Waals surface area contributed by atoms with Gasteiger partial charge in [0.1, 0.15) is 24.7 Å². The molecule has 8 nitrogen and oxygen atoms in total. The maximum absolute atomic E-state index is 12.9. The van der Waals surface area contributed by atoms with Crippen molar-refractivity contribution in [2.24, 2.45) is 0 Å². The van der Waals surface area contributed by atoms with Crippen molar-refractivity contribution >= 4 is 6.09 Å². The Hall–Kier alpha value is -3.78.